The largest absolute Gasteiger partial charge is 0.457 e. The Bertz CT molecular complexity index is 1100. The number of aromatic nitrogens is 2. The summed E-state index contributed by atoms with van der Waals surface area (Å²) in [6.07, 6.45) is 3.18. The number of ether oxygens (including phenoxy) is 2. The van der Waals surface area contributed by atoms with Gasteiger partial charge in [0.05, 0.1) is 6.20 Å². The van der Waals surface area contributed by atoms with Crippen LogP contribution in [0.4, 0.5) is 5.69 Å². The number of thiazole rings is 1. The SMILES string of the molecule is O=C(COC(=O)c1csc2cncn12)Nc1ccc(Oc2ccccc2)cc1. The number of imidazole rings is 1. The maximum absolute atomic E-state index is 12.1. The molecule has 0 aliphatic heterocycles. The first-order valence-electron chi connectivity index (χ1n) is 8.38. The fraction of sp³-hybridized carbons (Fsp3) is 0.0500. The molecule has 0 radical (unpaired) electrons. The minimum absolute atomic E-state index is 0.340. The van der Waals surface area contributed by atoms with Crippen molar-refractivity contribution in [2.75, 3.05) is 11.9 Å². The molecule has 0 fully saturated rings. The lowest BCUT2D eigenvalue weighted by Gasteiger charge is -2.08. The van der Waals surface area contributed by atoms with Gasteiger partial charge in [-0.15, -0.1) is 11.3 Å². The first kappa shape index (κ1) is 17.7. The summed E-state index contributed by atoms with van der Waals surface area (Å²) in [5.74, 6) is 0.372. The Balaban J connectivity index is 1.30. The van der Waals surface area contributed by atoms with E-state index in [9.17, 15) is 9.59 Å². The molecule has 1 N–H and O–H groups in total. The molecule has 140 valence electrons. The predicted molar refractivity (Wildman–Crippen MR) is 105 cm³/mol. The highest BCUT2D eigenvalue weighted by atomic mass is 32.1. The Morgan fingerprint density at radius 1 is 1.04 bits per heavy atom. The molecule has 4 rings (SSSR count). The fourth-order valence-corrected chi connectivity index (χ4v) is 3.33. The molecule has 0 saturated carbocycles. The Labute approximate surface area is 164 Å². The predicted octanol–water partition coefficient (Wildman–Crippen LogP) is 3.98. The number of nitrogens with zero attached hydrogens (tertiary/aromatic N) is 2. The molecule has 0 unspecified atom stereocenters. The molecule has 0 bridgehead atoms. The molecule has 0 aliphatic carbocycles. The van der Waals surface area contributed by atoms with Crippen LogP contribution in [0.1, 0.15) is 10.5 Å². The molecular formula is C20H15N3O4S. The highest BCUT2D eigenvalue weighted by Gasteiger charge is 2.15. The third-order valence-corrected chi connectivity index (χ3v) is 4.70. The summed E-state index contributed by atoms with van der Waals surface area (Å²) in [4.78, 5) is 29.0. The summed E-state index contributed by atoms with van der Waals surface area (Å²) in [5, 5.41) is 4.35. The quantitative estimate of drug-likeness (QED) is 0.501. The van der Waals surface area contributed by atoms with Crippen LogP contribution < -0.4 is 10.1 Å². The third kappa shape index (κ3) is 4.02. The van der Waals surface area contributed by atoms with Gasteiger partial charge >= 0.3 is 5.97 Å². The fourth-order valence-electron chi connectivity index (χ4n) is 2.50. The number of rotatable bonds is 6. The molecule has 2 aromatic carbocycles. The maximum atomic E-state index is 12.1. The van der Waals surface area contributed by atoms with E-state index in [1.54, 1.807) is 40.2 Å². The average molecular weight is 393 g/mol. The Kier molecular flexibility index (Phi) is 5.03. The van der Waals surface area contributed by atoms with E-state index in [0.717, 1.165) is 10.6 Å². The molecule has 2 heterocycles. The number of hydrogen-bond acceptors (Lipinski definition) is 6. The van der Waals surface area contributed by atoms with Crippen LogP contribution in [0.2, 0.25) is 0 Å². The summed E-state index contributed by atoms with van der Waals surface area (Å²) in [6, 6.07) is 16.3. The van der Waals surface area contributed by atoms with Crippen molar-refractivity contribution >= 4 is 33.7 Å². The number of hydrogen-bond donors (Lipinski definition) is 1. The normalized spacial score (nSPS) is 10.6. The van der Waals surface area contributed by atoms with E-state index in [-0.39, 0.29) is 6.61 Å². The lowest BCUT2D eigenvalue weighted by Crippen LogP contribution is -2.21. The van der Waals surface area contributed by atoms with Gasteiger partial charge in [-0.1, -0.05) is 18.2 Å². The molecule has 28 heavy (non-hydrogen) atoms. The van der Waals surface area contributed by atoms with E-state index in [4.69, 9.17) is 9.47 Å². The van der Waals surface area contributed by atoms with Gasteiger partial charge in [0.15, 0.2) is 6.61 Å². The molecule has 0 spiro atoms. The smallest absolute Gasteiger partial charge is 0.356 e. The Hall–Kier alpha value is -3.65. The molecule has 7 nitrogen and oxygen atoms in total. The van der Waals surface area contributed by atoms with Crippen LogP contribution in [0, 0.1) is 0 Å². The standard InChI is InChI=1S/C20H15N3O4S/c24-18(11-26-20(25)17-12-28-19-10-21-13-23(17)19)22-14-6-8-16(9-7-14)27-15-4-2-1-3-5-15/h1-10,12-13H,11H2,(H,22,24). The van der Waals surface area contributed by atoms with Crippen molar-refractivity contribution in [3.63, 3.8) is 0 Å². The van der Waals surface area contributed by atoms with E-state index in [2.05, 4.69) is 10.3 Å². The zero-order valence-corrected chi connectivity index (χ0v) is 15.4. The van der Waals surface area contributed by atoms with Gasteiger partial charge in [-0.3, -0.25) is 9.20 Å². The van der Waals surface area contributed by atoms with Crippen molar-refractivity contribution in [2.45, 2.75) is 0 Å². The minimum atomic E-state index is -0.578. The summed E-state index contributed by atoms with van der Waals surface area (Å²) < 4.78 is 12.4. The summed E-state index contributed by atoms with van der Waals surface area (Å²) in [6.45, 7) is -0.382. The first-order chi connectivity index (χ1) is 13.7. The highest BCUT2D eigenvalue weighted by molar-refractivity contribution is 7.15. The van der Waals surface area contributed by atoms with Crippen LogP contribution in [-0.2, 0) is 9.53 Å². The first-order valence-corrected chi connectivity index (χ1v) is 9.26. The molecule has 1 amide bonds. The highest BCUT2D eigenvalue weighted by Crippen LogP contribution is 2.22. The van der Waals surface area contributed by atoms with Crippen LogP contribution in [-0.4, -0.2) is 27.9 Å². The number of para-hydroxylation sites is 1. The average Bonchev–Trinajstić information content (AvgIpc) is 3.32. The molecule has 2 aromatic heterocycles. The van der Waals surface area contributed by atoms with E-state index < -0.39 is 11.9 Å². The van der Waals surface area contributed by atoms with Gasteiger partial charge in [-0.05, 0) is 36.4 Å². The van der Waals surface area contributed by atoms with Crippen molar-refractivity contribution in [1.82, 2.24) is 9.38 Å². The Morgan fingerprint density at radius 3 is 2.57 bits per heavy atom. The molecule has 0 aliphatic rings. The molecule has 8 heteroatoms. The number of carbonyl (C=O) groups excluding carboxylic acids is 2. The zero-order chi connectivity index (χ0) is 19.3. The van der Waals surface area contributed by atoms with Crippen LogP contribution in [0.25, 0.3) is 4.83 Å². The summed E-state index contributed by atoms with van der Waals surface area (Å²) >= 11 is 1.37. The second-order valence-corrected chi connectivity index (χ2v) is 6.68. The zero-order valence-electron chi connectivity index (χ0n) is 14.6. The number of amides is 1. The molecular weight excluding hydrogens is 378 g/mol. The summed E-state index contributed by atoms with van der Waals surface area (Å²) in [5.41, 5.74) is 0.918. The number of anilines is 1. The van der Waals surface area contributed by atoms with Gasteiger partial charge in [-0.2, -0.15) is 0 Å². The number of benzene rings is 2. The minimum Gasteiger partial charge on any atom is -0.457 e. The van der Waals surface area contributed by atoms with Crippen LogP contribution in [0.3, 0.4) is 0 Å². The van der Waals surface area contributed by atoms with E-state index in [0.29, 0.717) is 17.1 Å². The third-order valence-electron chi connectivity index (χ3n) is 3.82. The van der Waals surface area contributed by atoms with Crippen LogP contribution in [0.15, 0.2) is 72.5 Å². The van der Waals surface area contributed by atoms with Gasteiger partial charge in [0, 0.05) is 11.1 Å². The number of carbonyl (C=O) groups is 2. The number of fused-ring (bicyclic) bond motifs is 1. The van der Waals surface area contributed by atoms with E-state index in [1.807, 2.05) is 30.3 Å². The van der Waals surface area contributed by atoms with Gasteiger partial charge in [0.25, 0.3) is 5.91 Å². The number of esters is 1. The maximum Gasteiger partial charge on any atom is 0.356 e. The lowest BCUT2D eigenvalue weighted by atomic mass is 10.3. The van der Waals surface area contributed by atoms with Crippen LogP contribution in [0.5, 0.6) is 11.5 Å². The van der Waals surface area contributed by atoms with Crippen molar-refractivity contribution < 1.29 is 19.1 Å². The van der Waals surface area contributed by atoms with Crippen molar-refractivity contribution in [2.24, 2.45) is 0 Å². The monoisotopic (exact) mass is 393 g/mol. The second kappa shape index (κ2) is 7.93. The molecule has 0 saturated heterocycles. The van der Waals surface area contributed by atoms with E-state index in [1.165, 1.54) is 17.7 Å². The topological polar surface area (TPSA) is 81.9 Å². The second-order valence-electron chi connectivity index (χ2n) is 5.79. The van der Waals surface area contributed by atoms with Crippen molar-refractivity contribution in [3.8, 4) is 11.5 Å². The van der Waals surface area contributed by atoms with Gasteiger partial charge in [0.2, 0.25) is 0 Å². The van der Waals surface area contributed by atoms with Gasteiger partial charge in [0.1, 0.15) is 28.4 Å². The van der Waals surface area contributed by atoms with Crippen LogP contribution >= 0.6 is 11.3 Å². The molecule has 4 aromatic rings. The Morgan fingerprint density at radius 2 is 1.79 bits per heavy atom. The van der Waals surface area contributed by atoms with Crippen molar-refractivity contribution in [3.05, 3.63) is 78.2 Å². The number of nitrogens with one attached hydrogen (secondary N) is 1. The van der Waals surface area contributed by atoms with Gasteiger partial charge in [-0.25, -0.2) is 9.78 Å². The van der Waals surface area contributed by atoms with E-state index >= 15 is 0 Å². The van der Waals surface area contributed by atoms with Gasteiger partial charge < -0.3 is 14.8 Å². The lowest BCUT2D eigenvalue weighted by molar-refractivity contribution is -0.119. The van der Waals surface area contributed by atoms with Crippen molar-refractivity contribution in [1.29, 1.82) is 0 Å². The summed E-state index contributed by atoms with van der Waals surface area (Å²) in [7, 11) is 0. The molecule has 0 atom stereocenters.